The number of nitrogens with zero attached hydrogens (tertiary/aromatic N) is 2. The Balaban J connectivity index is 1.75. The van der Waals surface area contributed by atoms with Gasteiger partial charge in [-0.2, -0.15) is 0 Å². The van der Waals surface area contributed by atoms with Crippen LogP contribution in [0.15, 0.2) is 51.4 Å². The summed E-state index contributed by atoms with van der Waals surface area (Å²) >= 11 is 13.3. The highest BCUT2D eigenvalue weighted by Gasteiger charge is 2.34. The fourth-order valence-electron chi connectivity index (χ4n) is 4.03. The van der Waals surface area contributed by atoms with E-state index in [1.54, 1.807) is 32.0 Å². The molecule has 1 N–H and O–H groups in total. The number of thiazole rings is 1. The molecule has 0 amide bonds. The maximum atomic E-state index is 13.7. The van der Waals surface area contributed by atoms with E-state index in [0.29, 0.717) is 32.6 Å². The molecule has 180 valence electrons. The zero-order valence-electron chi connectivity index (χ0n) is 18.5. The van der Waals surface area contributed by atoms with E-state index in [9.17, 15) is 14.7 Å². The molecule has 35 heavy (non-hydrogen) atoms. The standard InChI is InChI=1S/C24H18Cl2N2O6S/c1-3-32-23(31)19-11(2)27-24-28(20(19)12-4-5-16-17(7-12)34-10-33-16)22(30)18(35-24)8-13-6-14(25)9-15(26)21(13)29/h4-9,20,29H,3,10H2,1-2H3. The molecule has 1 unspecified atom stereocenters. The van der Waals surface area contributed by atoms with Crippen molar-refractivity contribution < 1.29 is 24.1 Å². The minimum absolute atomic E-state index is 0.0650. The Kier molecular flexibility index (Phi) is 6.08. The van der Waals surface area contributed by atoms with Gasteiger partial charge >= 0.3 is 5.97 Å². The van der Waals surface area contributed by atoms with Crippen molar-refractivity contribution >= 4 is 46.6 Å². The summed E-state index contributed by atoms with van der Waals surface area (Å²) in [6.07, 6.45) is 1.50. The Morgan fingerprint density at radius 3 is 2.83 bits per heavy atom. The van der Waals surface area contributed by atoms with Crippen LogP contribution in [0, 0.1) is 0 Å². The first-order valence-electron chi connectivity index (χ1n) is 10.6. The van der Waals surface area contributed by atoms with Crippen molar-refractivity contribution in [2.45, 2.75) is 19.9 Å². The summed E-state index contributed by atoms with van der Waals surface area (Å²) in [6.45, 7) is 3.67. The maximum absolute atomic E-state index is 13.7. The smallest absolute Gasteiger partial charge is 0.338 e. The van der Waals surface area contributed by atoms with Crippen LogP contribution >= 0.6 is 34.5 Å². The number of halogens is 2. The van der Waals surface area contributed by atoms with Gasteiger partial charge in [0.1, 0.15) is 5.75 Å². The van der Waals surface area contributed by atoms with Gasteiger partial charge in [0.05, 0.1) is 33.5 Å². The van der Waals surface area contributed by atoms with Crippen LogP contribution in [0.2, 0.25) is 10.0 Å². The lowest BCUT2D eigenvalue weighted by Crippen LogP contribution is -2.39. The topological polar surface area (TPSA) is 99.4 Å². The monoisotopic (exact) mass is 532 g/mol. The molecular weight excluding hydrogens is 515 g/mol. The first-order valence-corrected chi connectivity index (χ1v) is 12.1. The Morgan fingerprint density at radius 1 is 1.29 bits per heavy atom. The van der Waals surface area contributed by atoms with Crippen molar-refractivity contribution in [2.24, 2.45) is 4.99 Å². The number of benzene rings is 2. The highest BCUT2D eigenvalue weighted by atomic mass is 35.5. The number of rotatable bonds is 4. The first-order chi connectivity index (χ1) is 16.8. The third-order valence-corrected chi connectivity index (χ3v) is 7.06. The van der Waals surface area contributed by atoms with Crippen LogP contribution in [0.25, 0.3) is 6.08 Å². The molecule has 3 aromatic rings. The second kappa shape index (κ2) is 9.07. The number of allylic oxidation sites excluding steroid dienone is 1. The average molecular weight is 533 g/mol. The molecule has 0 saturated carbocycles. The third kappa shape index (κ3) is 4.09. The van der Waals surface area contributed by atoms with Crippen molar-refractivity contribution in [3.8, 4) is 17.2 Å². The van der Waals surface area contributed by atoms with Crippen LogP contribution in [-0.2, 0) is 9.53 Å². The Morgan fingerprint density at radius 2 is 2.06 bits per heavy atom. The summed E-state index contributed by atoms with van der Waals surface area (Å²) in [4.78, 5) is 31.6. The minimum Gasteiger partial charge on any atom is -0.506 e. The molecule has 0 fully saturated rings. The lowest BCUT2D eigenvalue weighted by Gasteiger charge is -2.24. The van der Waals surface area contributed by atoms with Gasteiger partial charge in [0, 0.05) is 10.6 Å². The second-order valence-corrected chi connectivity index (χ2v) is 9.59. The van der Waals surface area contributed by atoms with E-state index >= 15 is 0 Å². The molecule has 0 bridgehead atoms. The molecule has 1 aromatic heterocycles. The number of fused-ring (bicyclic) bond motifs is 2. The average Bonchev–Trinajstić information content (AvgIpc) is 3.40. The lowest BCUT2D eigenvalue weighted by atomic mass is 9.95. The van der Waals surface area contributed by atoms with Crippen molar-refractivity contribution in [3.63, 3.8) is 0 Å². The number of phenolic OH excluding ortho intramolecular Hbond substituents is 1. The molecule has 3 heterocycles. The van der Waals surface area contributed by atoms with Crippen molar-refractivity contribution in [2.75, 3.05) is 13.4 Å². The van der Waals surface area contributed by atoms with E-state index < -0.39 is 17.6 Å². The predicted octanol–water partition coefficient (Wildman–Crippen LogP) is 3.54. The normalized spacial score (nSPS) is 16.8. The van der Waals surface area contributed by atoms with E-state index in [1.807, 2.05) is 0 Å². The van der Waals surface area contributed by atoms with Crippen molar-refractivity contribution in [1.29, 1.82) is 0 Å². The number of phenols is 1. The number of ether oxygens (including phenoxy) is 3. The molecule has 11 heteroatoms. The highest BCUT2D eigenvalue weighted by molar-refractivity contribution is 7.07. The fraction of sp³-hybridized carbons (Fsp3) is 0.208. The number of hydrogen-bond acceptors (Lipinski definition) is 8. The van der Waals surface area contributed by atoms with Gasteiger partial charge in [-0.15, -0.1) is 0 Å². The number of aromatic hydroxyl groups is 1. The fourth-order valence-corrected chi connectivity index (χ4v) is 5.57. The lowest BCUT2D eigenvalue weighted by molar-refractivity contribution is -0.139. The molecule has 0 saturated heterocycles. The molecule has 0 aliphatic carbocycles. The van der Waals surface area contributed by atoms with Gasteiger partial charge in [-0.3, -0.25) is 9.36 Å². The Labute approximate surface area is 212 Å². The first kappa shape index (κ1) is 23.5. The van der Waals surface area contributed by atoms with Crippen molar-refractivity contribution in [1.82, 2.24) is 4.57 Å². The number of carbonyl (C=O) groups is 1. The second-order valence-electron chi connectivity index (χ2n) is 7.74. The molecule has 0 radical (unpaired) electrons. The zero-order valence-corrected chi connectivity index (χ0v) is 20.8. The molecular formula is C24H18Cl2N2O6S. The largest absolute Gasteiger partial charge is 0.506 e. The van der Waals surface area contributed by atoms with E-state index in [-0.39, 0.29) is 39.8 Å². The van der Waals surface area contributed by atoms with Crippen LogP contribution in [0.3, 0.4) is 0 Å². The van der Waals surface area contributed by atoms with Crippen LogP contribution in [0.5, 0.6) is 17.2 Å². The third-order valence-electron chi connectivity index (χ3n) is 5.57. The zero-order chi connectivity index (χ0) is 24.9. The summed E-state index contributed by atoms with van der Waals surface area (Å²) in [5.74, 6) is 0.330. The summed E-state index contributed by atoms with van der Waals surface area (Å²) in [6, 6.07) is 7.36. The summed E-state index contributed by atoms with van der Waals surface area (Å²) < 4.78 is 17.9. The van der Waals surface area contributed by atoms with E-state index in [0.717, 1.165) is 11.3 Å². The molecule has 2 aromatic carbocycles. The van der Waals surface area contributed by atoms with E-state index in [4.69, 9.17) is 37.4 Å². The van der Waals surface area contributed by atoms with Crippen LogP contribution < -0.4 is 24.4 Å². The van der Waals surface area contributed by atoms with Gasteiger partial charge in [-0.25, -0.2) is 9.79 Å². The van der Waals surface area contributed by atoms with Gasteiger partial charge in [0.15, 0.2) is 16.3 Å². The molecule has 8 nitrogen and oxygen atoms in total. The van der Waals surface area contributed by atoms with E-state index in [2.05, 4.69) is 4.99 Å². The highest BCUT2D eigenvalue weighted by Crippen LogP contribution is 2.38. The molecule has 2 aliphatic rings. The van der Waals surface area contributed by atoms with E-state index in [1.165, 1.54) is 22.8 Å². The minimum atomic E-state index is -0.807. The predicted molar refractivity (Wildman–Crippen MR) is 131 cm³/mol. The number of aromatic nitrogens is 1. The van der Waals surface area contributed by atoms with Gasteiger partial charge < -0.3 is 19.3 Å². The van der Waals surface area contributed by atoms with Gasteiger partial charge in [0.2, 0.25) is 6.79 Å². The molecule has 5 rings (SSSR count). The van der Waals surface area contributed by atoms with Gasteiger partial charge in [-0.1, -0.05) is 40.6 Å². The Bertz CT molecular complexity index is 1590. The van der Waals surface area contributed by atoms with Gasteiger partial charge in [-0.05, 0) is 49.8 Å². The Hall–Kier alpha value is -3.27. The quantitative estimate of drug-likeness (QED) is 0.516. The molecule has 2 aliphatic heterocycles. The number of hydrogen-bond donors (Lipinski definition) is 1. The van der Waals surface area contributed by atoms with Crippen LogP contribution in [0.1, 0.15) is 31.0 Å². The van der Waals surface area contributed by atoms with Gasteiger partial charge in [0.25, 0.3) is 5.56 Å². The summed E-state index contributed by atoms with van der Waals surface area (Å²) in [5.41, 5.74) is 1.20. The van der Waals surface area contributed by atoms with Crippen LogP contribution in [0.4, 0.5) is 0 Å². The number of esters is 1. The van der Waals surface area contributed by atoms with Crippen molar-refractivity contribution in [3.05, 3.63) is 82.5 Å². The maximum Gasteiger partial charge on any atom is 0.338 e. The SMILES string of the molecule is CCOC(=O)C1=C(C)N=c2sc(=Cc3cc(Cl)cc(Cl)c3O)c(=O)n2C1c1ccc2c(c1)OCO2. The number of carbonyl (C=O) groups excluding carboxylic acids is 1. The summed E-state index contributed by atoms with van der Waals surface area (Å²) in [7, 11) is 0. The molecule has 1 atom stereocenters. The molecule has 0 spiro atoms. The van der Waals surface area contributed by atoms with Crippen LogP contribution in [-0.4, -0.2) is 29.0 Å². The summed E-state index contributed by atoms with van der Waals surface area (Å²) in [5, 5.41) is 10.7.